The molecular formula is C57H63Cl2N9O15. The number of fused-ring (bicyclic) bond motifs is 15. The number of hydrogen-bond acceptors (Lipinski definition) is 17. The second-order valence-electron chi connectivity index (χ2n) is 20.1. The van der Waals surface area contributed by atoms with E-state index in [1.165, 1.54) is 89.1 Å². The fraction of sp³-hybridized carbons (Fsp3) is 0.351. The predicted octanol–water partition coefficient (Wildman–Crippen LogP) is 3.97. The molecule has 26 heteroatoms. The minimum Gasteiger partial charge on any atom is -0.497 e. The summed E-state index contributed by atoms with van der Waals surface area (Å²) in [7, 11) is 7.03. The summed E-state index contributed by atoms with van der Waals surface area (Å²) in [6.07, 6.45) is -4.28. The van der Waals surface area contributed by atoms with Crippen molar-refractivity contribution in [1.29, 1.82) is 5.41 Å². The minimum atomic E-state index is -1.89. The predicted molar refractivity (Wildman–Crippen MR) is 302 cm³/mol. The van der Waals surface area contributed by atoms with Gasteiger partial charge in [-0.2, -0.15) is 0 Å². The highest BCUT2D eigenvalue weighted by Crippen LogP contribution is 2.48. The van der Waals surface area contributed by atoms with Gasteiger partial charge in [0.15, 0.2) is 11.5 Å². The van der Waals surface area contributed by atoms with Gasteiger partial charge in [-0.15, -0.1) is 0 Å². The van der Waals surface area contributed by atoms with Gasteiger partial charge >= 0.3 is 0 Å². The van der Waals surface area contributed by atoms with Crippen LogP contribution in [0.5, 0.6) is 46.0 Å². The molecule has 5 aliphatic rings. The Morgan fingerprint density at radius 1 is 0.675 bits per heavy atom. The lowest BCUT2D eigenvalue weighted by Gasteiger charge is -2.32. The Bertz CT molecular complexity index is 3370. The van der Waals surface area contributed by atoms with Crippen LogP contribution < -0.4 is 71.4 Å². The Morgan fingerprint density at radius 2 is 1.29 bits per heavy atom. The number of aliphatic hydroxyl groups excluding tert-OH is 3. The molecule has 0 fully saturated rings. The number of benzene rings is 5. The van der Waals surface area contributed by atoms with Gasteiger partial charge in [0.25, 0.3) is 0 Å². The van der Waals surface area contributed by atoms with Crippen molar-refractivity contribution in [2.45, 2.75) is 81.2 Å². The highest BCUT2D eigenvalue weighted by atomic mass is 35.5. The van der Waals surface area contributed by atoms with Crippen LogP contribution in [0.4, 0.5) is 0 Å². The van der Waals surface area contributed by atoms with E-state index in [4.69, 9.17) is 57.4 Å². The van der Waals surface area contributed by atoms with Crippen molar-refractivity contribution in [3.05, 3.63) is 117 Å². The number of nitrogens with two attached hydrogens (primary N) is 1. The van der Waals surface area contributed by atoms with Crippen LogP contribution >= 0.6 is 23.2 Å². The first-order chi connectivity index (χ1) is 39.6. The third kappa shape index (κ3) is 13.0. The van der Waals surface area contributed by atoms with Gasteiger partial charge in [-0.3, -0.25) is 34.2 Å². The van der Waals surface area contributed by atoms with Crippen LogP contribution in [-0.2, 0) is 28.8 Å². The number of ether oxygens (including phenoxy) is 6. The van der Waals surface area contributed by atoms with Crippen LogP contribution in [-0.4, -0.2) is 123 Å². The molecule has 13 N–H and O–H groups in total. The third-order valence-electron chi connectivity index (χ3n) is 14.2. The van der Waals surface area contributed by atoms with Crippen LogP contribution in [0.3, 0.4) is 0 Å². The van der Waals surface area contributed by atoms with Gasteiger partial charge in [0.2, 0.25) is 41.2 Å². The van der Waals surface area contributed by atoms with E-state index in [2.05, 4.69) is 37.2 Å². The van der Waals surface area contributed by atoms with Crippen molar-refractivity contribution in [3.8, 4) is 57.1 Å². The maximum atomic E-state index is 15.3. The number of hydrogen-bond donors (Lipinski definition) is 12. The Kier molecular flexibility index (Phi) is 18.9. The first-order valence-electron chi connectivity index (χ1n) is 26.0. The summed E-state index contributed by atoms with van der Waals surface area (Å²) in [6, 6.07) is 7.22. The van der Waals surface area contributed by atoms with Crippen molar-refractivity contribution >= 4 is 64.5 Å². The van der Waals surface area contributed by atoms with Crippen LogP contribution in [0, 0.1) is 11.3 Å². The van der Waals surface area contributed by atoms with Gasteiger partial charge in [0, 0.05) is 17.2 Å². The van der Waals surface area contributed by atoms with E-state index in [1.807, 2.05) is 13.8 Å². The number of nitrogens with one attached hydrogen (secondary N) is 8. The summed E-state index contributed by atoms with van der Waals surface area (Å²) in [4.78, 5) is 86.6. The normalized spacial score (nSPS) is 22.0. The van der Waals surface area contributed by atoms with Crippen LogP contribution in [0.1, 0.15) is 84.8 Å². The zero-order chi connectivity index (χ0) is 60.1. The van der Waals surface area contributed by atoms with Crippen LogP contribution in [0.2, 0.25) is 10.0 Å². The first kappa shape index (κ1) is 60.7. The number of rotatable bonds is 12. The van der Waals surface area contributed by atoms with E-state index in [1.54, 1.807) is 25.2 Å². The van der Waals surface area contributed by atoms with Gasteiger partial charge in [-0.05, 0) is 102 Å². The maximum absolute atomic E-state index is 15.3. The number of likely N-dealkylation sites (N-methyl/N-ethyl adjacent to an activating group) is 1. The number of carbonyl (C=O) groups excluding carboxylic acids is 6. The molecule has 0 radical (unpaired) electrons. The van der Waals surface area contributed by atoms with Crippen LogP contribution in [0.15, 0.2) is 78.9 Å². The van der Waals surface area contributed by atoms with Gasteiger partial charge in [0.05, 0.1) is 63.6 Å². The number of primary amides is 1. The number of methoxy groups -OCH3 is 4. The highest BCUT2D eigenvalue weighted by Gasteiger charge is 2.40. The van der Waals surface area contributed by atoms with Crippen molar-refractivity contribution in [2.24, 2.45) is 11.7 Å². The molecule has 5 aromatic rings. The lowest BCUT2D eigenvalue weighted by atomic mass is 9.89. The molecule has 0 spiro atoms. The average molecular weight is 1190 g/mol. The molecule has 83 heavy (non-hydrogen) atoms. The molecular weight excluding hydrogens is 1120 g/mol. The smallest absolute Gasteiger partial charge is 0.247 e. The van der Waals surface area contributed by atoms with Crippen LogP contribution in [0.25, 0.3) is 11.1 Å². The van der Waals surface area contributed by atoms with E-state index >= 15 is 9.59 Å². The third-order valence-corrected chi connectivity index (χ3v) is 14.8. The summed E-state index contributed by atoms with van der Waals surface area (Å²) < 4.78 is 36.2. The first-order valence-corrected chi connectivity index (χ1v) is 26.8. The average Bonchev–Trinajstić information content (AvgIpc) is 2.90. The number of aliphatic hydroxyl groups is 3. The quantitative estimate of drug-likeness (QED) is 0.0841. The monoisotopic (exact) mass is 1180 g/mol. The fourth-order valence-corrected chi connectivity index (χ4v) is 10.5. The highest BCUT2D eigenvalue weighted by molar-refractivity contribution is 6.32. The lowest BCUT2D eigenvalue weighted by Crippen LogP contribution is -2.59. The topological polar surface area (TPSA) is 353 Å². The Balaban J connectivity index is 1.38. The Hall–Kier alpha value is -8.39. The van der Waals surface area contributed by atoms with E-state index < -0.39 is 109 Å². The largest absolute Gasteiger partial charge is 0.497 e. The van der Waals surface area contributed by atoms with E-state index in [9.17, 15) is 39.9 Å². The van der Waals surface area contributed by atoms with Crippen molar-refractivity contribution in [3.63, 3.8) is 0 Å². The van der Waals surface area contributed by atoms with Crippen molar-refractivity contribution < 1.29 is 72.5 Å². The maximum Gasteiger partial charge on any atom is 0.247 e. The lowest BCUT2D eigenvalue weighted by molar-refractivity contribution is -0.136. The number of carbonyl (C=O) groups is 6. The van der Waals surface area contributed by atoms with Gasteiger partial charge in [-0.1, -0.05) is 55.2 Å². The number of amides is 6. The van der Waals surface area contributed by atoms with E-state index in [0.29, 0.717) is 6.42 Å². The summed E-state index contributed by atoms with van der Waals surface area (Å²) in [6.45, 7) is 3.05. The molecule has 6 amide bonds. The second-order valence-corrected chi connectivity index (χ2v) is 20.9. The molecule has 9 atom stereocenters. The summed E-state index contributed by atoms with van der Waals surface area (Å²) in [5, 5.41) is 64.0. The summed E-state index contributed by atoms with van der Waals surface area (Å²) in [5.74, 6) is -6.64. The Labute approximate surface area is 486 Å². The van der Waals surface area contributed by atoms with Gasteiger partial charge in [-0.25, -0.2) is 0 Å². The molecule has 5 aromatic carbocycles. The molecule has 11 bridgehead atoms. The fourth-order valence-electron chi connectivity index (χ4n) is 10.0. The zero-order valence-corrected chi connectivity index (χ0v) is 47.5. The molecule has 440 valence electrons. The zero-order valence-electron chi connectivity index (χ0n) is 46.0. The second kappa shape index (κ2) is 25.8. The molecule has 10 rings (SSSR count). The minimum absolute atomic E-state index is 0.00736. The van der Waals surface area contributed by atoms with Gasteiger partial charge < -0.3 is 86.7 Å². The van der Waals surface area contributed by atoms with E-state index in [-0.39, 0.29) is 101 Å². The summed E-state index contributed by atoms with van der Waals surface area (Å²) in [5.41, 5.74) is 6.59. The van der Waals surface area contributed by atoms with Crippen molar-refractivity contribution in [1.82, 2.24) is 37.2 Å². The molecule has 24 nitrogen and oxygen atoms in total. The Morgan fingerprint density at radius 3 is 1.84 bits per heavy atom. The molecule has 0 aromatic heterocycles. The van der Waals surface area contributed by atoms with Gasteiger partial charge in [0.1, 0.15) is 77.0 Å². The summed E-state index contributed by atoms with van der Waals surface area (Å²) >= 11 is 13.8. The number of amidine groups is 1. The molecule has 0 saturated carbocycles. The molecule has 0 saturated heterocycles. The van der Waals surface area contributed by atoms with Crippen molar-refractivity contribution in [2.75, 3.05) is 42.1 Å². The molecule has 0 aliphatic carbocycles. The molecule has 5 heterocycles. The standard InChI is InChI=1S/C57H63Cl2N9O15/c1-24(2)14-34(62-3)53(73)67-47-49(71)26-9-12-38(32(58)16-26)82-41-18-28-19-42(51(41)81-7)83-39-13-10-27(17-33(39)59)50(72)48-57(77)64-36(23-69)30-20-29(78-4)21-40(80-6)44(30)31-15-25(8-11-37(31)79-5)46(55(75)68-48)65-52(61)45(28)66-54(74)35(22-43(60)70)63-56(47)76/h8-13,15-21,24,34-36,45-50,62,69,71-72H,14,22-23H2,1-7H3,(H2,60,70)(H2,61,65)(H,63,76)(H,64,77)(H,66,74)(H,67,73)(H,68,75)/t34-,35+,36-,45-,46-,47-,48+,49-,50-/m1/s1. The molecule has 0 unspecified atom stereocenters. The molecule has 5 aliphatic heterocycles. The number of halogens is 2. The SMILES string of the molecule is CN[C@H](CC(C)C)C(=O)N[C@H]1C(=O)N[C@@H](CC(N)=O)C(=O)N[C@H]2C(=N)N[C@H]3C(=O)N[C@H](C(=O)N[C@H](CO)c4cc(OC)cc(OC)c4-c4cc3ccc4OC)[C@H](O)c3ccc(c(Cl)c3)Oc3cc2cc(c3OC)Oc2ccc(cc2Cl)[C@H]1O. The van der Waals surface area contributed by atoms with E-state index in [0.717, 1.165) is 0 Å².